The molecule has 0 saturated carbocycles. The van der Waals surface area contributed by atoms with Crippen LogP contribution in [0, 0.1) is 0 Å². The first kappa shape index (κ1) is 15.7. The molecule has 3 heteroatoms. The summed E-state index contributed by atoms with van der Waals surface area (Å²) in [5.74, 6) is 0.227. The van der Waals surface area contributed by atoms with Gasteiger partial charge in [0.25, 0.3) is 0 Å². The zero-order valence-corrected chi connectivity index (χ0v) is 11.6. The van der Waals surface area contributed by atoms with Crippen LogP contribution in [-0.2, 0) is 4.79 Å². The molecule has 0 aromatic heterocycles. The highest BCUT2D eigenvalue weighted by molar-refractivity contribution is 6.30. The summed E-state index contributed by atoms with van der Waals surface area (Å²) in [5, 5.41) is 1.57. The molecule has 0 amide bonds. The standard InChI is InChI=1S/C13H20Cl2O/c1-3-5-11(14)7-9-13(16)10-8-12(15)6-4-2/h5-6H,3-4,7-10H2,1-2H3. The maximum Gasteiger partial charge on any atom is 0.133 e. The second kappa shape index (κ2) is 9.92. The monoisotopic (exact) mass is 262 g/mol. The lowest BCUT2D eigenvalue weighted by Gasteiger charge is -2.00. The number of halogens is 2. The van der Waals surface area contributed by atoms with Gasteiger partial charge in [0.05, 0.1) is 0 Å². The molecule has 0 heterocycles. The molecule has 0 aromatic rings. The summed E-state index contributed by atoms with van der Waals surface area (Å²) in [6, 6.07) is 0. The molecule has 1 nitrogen and oxygen atoms in total. The molecule has 0 N–H and O–H groups in total. The molecule has 0 rings (SSSR count). The number of carbonyl (C=O) groups excluding carboxylic acids is 1. The second-order valence-corrected chi connectivity index (χ2v) is 4.63. The quantitative estimate of drug-likeness (QED) is 0.589. The topological polar surface area (TPSA) is 17.1 Å². The number of allylic oxidation sites excluding steroid dienone is 4. The van der Waals surface area contributed by atoms with Gasteiger partial charge in [-0.15, -0.1) is 0 Å². The van der Waals surface area contributed by atoms with Crippen LogP contribution >= 0.6 is 23.2 Å². The Hall–Kier alpha value is -0.270. The first-order valence-corrected chi connectivity index (χ1v) is 6.56. The maximum atomic E-state index is 11.5. The van der Waals surface area contributed by atoms with E-state index in [2.05, 4.69) is 0 Å². The zero-order chi connectivity index (χ0) is 12.4. The average Bonchev–Trinajstić information content (AvgIpc) is 2.24. The first-order valence-electron chi connectivity index (χ1n) is 5.80. The van der Waals surface area contributed by atoms with Crippen LogP contribution in [0.5, 0.6) is 0 Å². The molecule has 0 unspecified atom stereocenters. The third-order valence-electron chi connectivity index (χ3n) is 2.14. The number of ketones is 1. The minimum Gasteiger partial charge on any atom is -0.300 e. The van der Waals surface area contributed by atoms with Crippen LogP contribution in [0.4, 0.5) is 0 Å². The van der Waals surface area contributed by atoms with E-state index in [1.165, 1.54) is 0 Å². The van der Waals surface area contributed by atoms with Gasteiger partial charge in [0.15, 0.2) is 0 Å². The SMILES string of the molecule is CCC=C(Cl)CCC(=O)CCC(Cl)=CCC. The van der Waals surface area contributed by atoms with Gasteiger partial charge in [0.2, 0.25) is 0 Å². The predicted octanol–water partition coefficient (Wildman–Crippen LogP) is 5.18. The van der Waals surface area contributed by atoms with Crippen molar-refractivity contribution in [3.05, 3.63) is 22.2 Å². The lowest BCUT2D eigenvalue weighted by molar-refractivity contribution is -0.118. The van der Waals surface area contributed by atoms with Crippen molar-refractivity contribution in [3.63, 3.8) is 0 Å². The smallest absolute Gasteiger partial charge is 0.133 e. The maximum absolute atomic E-state index is 11.5. The molecule has 0 atom stereocenters. The van der Waals surface area contributed by atoms with Crippen LogP contribution in [0.2, 0.25) is 0 Å². The van der Waals surface area contributed by atoms with Gasteiger partial charge in [-0.05, 0) is 25.7 Å². The van der Waals surface area contributed by atoms with E-state index in [1.54, 1.807) is 0 Å². The number of rotatable bonds is 8. The summed E-state index contributed by atoms with van der Waals surface area (Å²) in [4.78, 5) is 11.5. The Balaban J connectivity index is 3.75. The van der Waals surface area contributed by atoms with Gasteiger partial charge in [-0.1, -0.05) is 49.2 Å². The van der Waals surface area contributed by atoms with E-state index in [-0.39, 0.29) is 5.78 Å². The van der Waals surface area contributed by atoms with Gasteiger partial charge < -0.3 is 0 Å². The Morgan fingerprint density at radius 1 is 0.875 bits per heavy atom. The predicted molar refractivity (Wildman–Crippen MR) is 71.9 cm³/mol. The molecule has 0 fully saturated rings. The molecule has 0 radical (unpaired) electrons. The van der Waals surface area contributed by atoms with Crippen molar-refractivity contribution in [2.75, 3.05) is 0 Å². The Kier molecular flexibility index (Phi) is 9.75. The molecular weight excluding hydrogens is 243 g/mol. The van der Waals surface area contributed by atoms with Crippen LogP contribution in [0.25, 0.3) is 0 Å². The lowest BCUT2D eigenvalue weighted by atomic mass is 10.1. The highest BCUT2D eigenvalue weighted by Crippen LogP contribution is 2.15. The van der Waals surface area contributed by atoms with Gasteiger partial charge in [0, 0.05) is 22.9 Å². The fourth-order valence-electron chi connectivity index (χ4n) is 1.29. The molecule has 16 heavy (non-hydrogen) atoms. The van der Waals surface area contributed by atoms with Crippen molar-refractivity contribution in [1.82, 2.24) is 0 Å². The van der Waals surface area contributed by atoms with E-state index >= 15 is 0 Å². The summed E-state index contributed by atoms with van der Waals surface area (Å²) in [5.41, 5.74) is 0. The van der Waals surface area contributed by atoms with Gasteiger partial charge in [-0.2, -0.15) is 0 Å². The van der Waals surface area contributed by atoms with Crippen molar-refractivity contribution in [2.24, 2.45) is 0 Å². The minimum absolute atomic E-state index is 0.227. The van der Waals surface area contributed by atoms with Crippen LogP contribution in [0.1, 0.15) is 52.4 Å². The van der Waals surface area contributed by atoms with E-state index in [1.807, 2.05) is 26.0 Å². The molecule has 0 aromatic carbocycles. The third-order valence-corrected chi connectivity index (χ3v) is 2.82. The summed E-state index contributed by atoms with van der Waals surface area (Å²) in [7, 11) is 0. The fraction of sp³-hybridized carbons (Fsp3) is 0.615. The van der Waals surface area contributed by atoms with Crippen LogP contribution in [-0.4, -0.2) is 5.78 Å². The second-order valence-electron chi connectivity index (χ2n) is 3.66. The summed E-state index contributed by atoms with van der Waals surface area (Å²) >= 11 is 11.8. The number of hydrogen-bond acceptors (Lipinski definition) is 1. The first-order chi connectivity index (χ1) is 7.60. The molecule has 0 aliphatic carbocycles. The average molecular weight is 263 g/mol. The molecule has 0 saturated heterocycles. The lowest BCUT2D eigenvalue weighted by Crippen LogP contribution is -1.97. The van der Waals surface area contributed by atoms with E-state index in [0.717, 1.165) is 22.9 Å². The molecular formula is C13H20Cl2O. The Morgan fingerprint density at radius 2 is 1.25 bits per heavy atom. The third kappa shape index (κ3) is 8.99. The summed E-state index contributed by atoms with van der Waals surface area (Å²) in [6.45, 7) is 4.05. The van der Waals surface area contributed by atoms with Gasteiger partial charge >= 0.3 is 0 Å². The van der Waals surface area contributed by atoms with Crippen molar-refractivity contribution < 1.29 is 4.79 Å². The number of Topliss-reactive ketones (excluding diaryl/α,β-unsaturated/α-hetero) is 1. The van der Waals surface area contributed by atoms with E-state index in [4.69, 9.17) is 23.2 Å². The zero-order valence-electron chi connectivity index (χ0n) is 10.1. The van der Waals surface area contributed by atoms with Gasteiger partial charge in [-0.25, -0.2) is 0 Å². The summed E-state index contributed by atoms with van der Waals surface area (Å²) < 4.78 is 0. The van der Waals surface area contributed by atoms with Gasteiger partial charge in [0.1, 0.15) is 5.78 Å². The summed E-state index contributed by atoms with van der Waals surface area (Å²) in [6.07, 6.45) is 8.07. The number of hydrogen-bond donors (Lipinski definition) is 0. The Morgan fingerprint density at radius 3 is 1.56 bits per heavy atom. The van der Waals surface area contributed by atoms with E-state index < -0.39 is 0 Å². The Labute approximate surface area is 109 Å². The van der Waals surface area contributed by atoms with Crippen LogP contribution < -0.4 is 0 Å². The molecule has 0 aliphatic heterocycles. The Bertz CT molecular complexity index is 241. The molecule has 92 valence electrons. The fourth-order valence-corrected chi connectivity index (χ4v) is 1.79. The normalized spacial score (nSPS) is 13.0. The molecule has 0 spiro atoms. The van der Waals surface area contributed by atoms with E-state index in [0.29, 0.717) is 25.7 Å². The van der Waals surface area contributed by atoms with Crippen LogP contribution in [0.3, 0.4) is 0 Å². The van der Waals surface area contributed by atoms with Crippen molar-refractivity contribution in [2.45, 2.75) is 52.4 Å². The van der Waals surface area contributed by atoms with E-state index in [9.17, 15) is 4.79 Å². The van der Waals surface area contributed by atoms with Crippen molar-refractivity contribution >= 4 is 29.0 Å². The van der Waals surface area contributed by atoms with Gasteiger partial charge in [-0.3, -0.25) is 4.79 Å². The van der Waals surface area contributed by atoms with Crippen LogP contribution in [0.15, 0.2) is 22.2 Å². The minimum atomic E-state index is 0.227. The van der Waals surface area contributed by atoms with Crippen molar-refractivity contribution in [3.8, 4) is 0 Å². The highest BCUT2D eigenvalue weighted by Gasteiger charge is 2.04. The molecule has 0 aliphatic rings. The largest absolute Gasteiger partial charge is 0.300 e. The van der Waals surface area contributed by atoms with Crippen molar-refractivity contribution in [1.29, 1.82) is 0 Å². The highest BCUT2D eigenvalue weighted by atomic mass is 35.5. The molecule has 0 bridgehead atoms. The number of carbonyl (C=O) groups is 1.